The van der Waals surface area contributed by atoms with Crippen molar-refractivity contribution in [3.05, 3.63) is 56.9 Å². The Morgan fingerprint density at radius 3 is 2.76 bits per heavy atom. The quantitative estimate of drug-likeness (QED) is 0.519. The number of fused-ring (bicyclic) bond motifs is 1. The molecule has 2 aromatic heterocycles. The van der Waals surface area contributed by atoms with E-state index in [9.17, 15) is 8.68 Å². The fourth-order valence-corrected chi connectivity index (χ4v) is 4.01. The number of aromatic nitrogens is 3. The predicted molar refractivity (Wildman–Crippen MR) is 108 cm³/mol. The molecule has 0 aliphatic heterocycles. The van der Waals surface area contributed by atoms with Gasteiger partial charge >= 0.3 is 0 Å². The minimum atomic E-state index is -0.465. The molecule has 0 aliphatic carbocycles. The number of pyridine rings is 1. The van der Waals surface area contributed by atoms with Crippen LogP contribution in [0.1, 0.15) is 11.1 Å². The molecule has 3 rings (SSSR count). The molecule has 25 heavy (non-hydrogen) atoms. The standard InChI is InChI=1S/C17H13BrFN3OS2/c1-4-10-6-13(20-8-14(10)24-3)16-21-15-9(2)5-11(18)7-12(15)17(23)22(16)25-19/h4-8H,1H2,2-3H3. The number of hydrogen-bond donors (Lipinski definition) is 0. The van der Waals surface area contributed by atoms with Crippen LogP contribution in [0, 0.1) is 6.92 Å². The summed E-state index contributed by atoms with van der Waals surface area (Å²) in [6, 6.07) is 5.27. The Bertz CT molecular complexity index is 1050. The van der Waals surface area contributed by atoms with Gasteiger partial charge < -0.3 is 0 Å². The number of nitrogens with zero attached hydrogens (tertiary/aromatic N) is 3. The Balaban J connectivity index is 2.37. The fourth-order valence-electron chi connectivity index (χ4n) is 2.54. The molecule has 1 aromatic carbocycles. The Hall–Kier alpha value is -1.64. The number of rotatable bonds is 4. The van der Waals surface area contributed by atoms with Crippen LogP contribution in [0.25, 0.3) is 28.5 Å². The van der Waals surface area contributed by atoms with Gasteiger partial charge in [-0.25, -0.2) is 8.96 Å². The SMILES string of the molecule is C=Cc1cc(-c2nc3c(C)cc(Br)cc3c(=O)n2SF)ncc1SC. The van der Waals surface area contributed by atoms with Gasteiger partial charge in [0, 0.05) is 15.6 Å². The first-order valence-electron chi connectivity index (χ1n) is 7.19. The van der Waals surface area contributed by atoms with Gasteiger partial charge in [-0.1, -0.05) is 28.6 Å². The zero-order valence-electron chi connectivity index (χ0n) is 13.4. The first-order valence-corrected chi connectivity index (χ1v) is 9.88. The van der Waals surface area contributed by atoms with E-state index in [0.29, 0.717) is 16.6 Å². The van der Waals surface area contributed by atoms with Crippen LogP contribution >= 0.6 is 40.0 Å². The molecular weight excluding hydrogens is 425 g/mol. The van der Waals surface area contributed by atoms with Gasteiger partial charge in [-0.2, -0.15) is 0 Å². The third-order valence-electron chi connectivity index (χ3n) is 3.73. The van der Waals surface area contributed by atoms with Crippen LogP contribution in [0.2, 0.25) is 0 Å². The van der Waals surface area contributed by atoms with Gasteiger partial charge in [0.1, 0.15) is 5.69 Å². The van der Waals surface area contributed by atoms with Gasteiger partial charge in [-0.05, 0) is 42.5 Å². The molecule has 0 spiro atoms. The lowest BCUT2D eigenvalue weighted by Gasteiger charge is -2.11. The van der Waals surface area contributed by atoms with Crippen molar-refractivity contribution in [2.45, 2.75) is 11.8 Å². The van der Waals surface area contributed by atoms with Crippen molar-refractivity contribution in [3.63, 3.8) is 0 Å². The van der Waals surface area contributed by atoms with E-state index in [1.165, 1.54) is 11.8 Å². The summed E-state index contributed by atoms with van der Waals surface area (Å²) in [6.07, 6.45) is 5.31. The van der Waals surface area contributed by atoms with Gasteiger partial charge in [0.25, 0.3) is 5.56 Å². The lowest BCUT2D eigenvalue weighted by atomic mass is 10.1. The van der Waals surface area contributed by atoms with Crippen LogP contribution in [0.3, 0.4) is 0 Å². The normalized spacial score (nSPS) is 11.0. The summed E-state index contributed by atoms with van der Waals surface area (Å²) in [4.78, 5) is 22.5. The van der Waals surface area contributed by atoms with Crippen molar-refractivity contribution in [3.8, 4) is 11.5 Å². The summed E-state index contributed by atoms with van der Waals surface area (Å²) >= 11 is 4.72. The second-order valence-corrected chi connectivity index (χ2v) is 7.51. The molecule has 0 atom stereocenters. The highest BCUT2D eigenvalue weighted by molar-refractivity contribution is 9.10. The Morgan fingerprint density at radius 2 is 2.12 bits per heavy atom. The first kappa shape index (κ1) is 18.2. The Kier molecular flexibility index (Phi) is 5.31. The number of thioether (sulfide) groups is 1. The average molecular weight is 438 g/mol. The Morgan fingerprint density at radius 1 is 1.36 bits per heavy atom. The lowest BCUT2D eigenvalue weighted by molar-refractivity contribution is 0.903. The van der Waals surface area contributed by atoms with E-state index in [4.69, 9.17) is 0 Å². The summed E-state index contributed by atoms with van der Waals surface area (Å²) in [5.74, 6) is 0.172. The molecule has 8 heteroatoms. The summed E-state index contributed by atoms with van der Waals surface area (Å²) in [6.45, 7) is 5.65. The average Bonchev–Trinajstić information content (AvgIpc) is 2.61. The molecule has 0 radical (unpaired) electrons. The van der Waals surface area contributed by atoms with E-state index in [-0.39, 0.29) is 18.2 Å². The molecule has 2 heterocycles. The minimum Gasteiger partial charge on any atom is -0.268 e. The molecule has 0 unspecified atom stereocenters. The number of halogens is 2. The number of aryl methyl sites for hydroxylation is 1. The van der Waals surface area contributed by atoms with Gasteiger partial charge in [-0.3, -0.25) is 9.78 Å². The number of benzene rings is 1. The van der Waals surface area contributed by atoms with Crippen LogP contribution in [0.4, 0.5) is 3.89 Å². The summed E-state index contributed by atoms with van der Waals surface area (Å²) in [5.41, 5.74) is 2.16. The smallest absolute Gasteiger partial charge is 0.268 e. The molecule has 0 saturated heterocycles. The zero-order chi connectivity index (χ0) is 18.1. The van der Waals surface area contributed by atoms with E-state index >= 15 is 0 Å². The van der Waals surface area contributed by atoms with E-state index in [2.05, 4.69) is 32.5 Å². The van der Waals surface area contributed by atoms with Crippen molar-refractivity contribution < 1.29 is 3.89 Å². The molecule has 0 N–H and O–H groups in total. The zero-order valence-corrected chi connectivity index (χ0v) is 16.6. The molecule has 0 fully saturated rings. The highest BCUT2D eigenvalue weighted by Crippen LogP contribution is 2.28. The van der Waals surface area contributed by atoms with Crippen molar-refractivity contribution >= 4 is 57.0 Å². The Labute approximate surface area is 161 Å². The predicted octanol–water partition coefficient (Wildman–Crippen LogP) is 5.28. The third kappa shape index (κ3) is 3.26. The number of hydrogen-bond acceptors (Lipinski definition) is 5. The van der Waals surface area contributed by atoms with Gasteiger partial charge in [0.15, 0.2) is 18.2 Å². The van der Waals surface area contributed by atoms with Crippen LogP contribution in [0.15, 0.2) is 45.1 Å². The summed E-state index contributed by atoms with van der Waals surface area (Å²) < 4.78 is 15.2. The van der Waals surface area contributed by atoms with Gasteiger partial charge in [-0.15, -0.1) is 15.6 Å². The third-order valence-corrected chi connectivity index (χ3v) is 5.44. The highest BCUT2D eigenvalue weighted by Gasteiger charge is 2.17. The molecule has 0 amide bonds. The van der Waals surface area contributed by atoms with Crippen molar-refractivity contribution in [1.29, 1.82) is 0 Å². The minimum absolute atomic E-state index is 0.172. The van der Waals surface area contributed by atoms with Gasteiger partial charge in [0.2, 0.25) is 0 Å². The van der Waals surface area contributed by atoms with E-state index in [1.54, 1.807) is 24.4 Å². The van der Waals surface area contributed by atoms with Gasteiger partial charge in [0.05, 0.1) is 10.9 Å². The molecule has 3 aromatic rings. The maximum absolute atomic E-state index is 13.6. The highest BCUT2D eigenvalue weighted by atomic mass is 79.9. The van der Waals surface area contributed by atoms with Crippen molar-refractivity contribution in [2.75, 3.05) is 6.26 Å². The molecule has 0 bridgehead atoms. The van der Waals surface area contributed by atoms with Crippen LogP contribution in [0.5, 0.6) is 0 Å². The maximum Gasteiger partial charge on any atom is 0.273 e. The second-order valence-electron chi connectivity index (χ2n) is 5.24. The van der Waals surface area contributed by atoms with Crippen LogP contribution in [-0.4, -0.2) is 20.2 Å². The van der Waals surface area contributed by atoms with E-state index in [0.717, 1.165) is 24.5 Å². The molecule has 4 nitrogen and oxygen atoms in total. The van der Waals surface area contributed by atoms with Crippen LogP contribution in [-0.2, 0) is 0 Å². The van der Waals surface area contributed by atoms with E-state index < -0.39 is 5.56 Å². The summed E-state index contributed by atoms with van der Waals surface area (Å²) in [7, 11) is 0. The molecular formula is C17H13BrFN3OS2. The molecule has 128 valence electrons. The largest absolute Gasteiger partial charge is 0.273 e. The summed E-state index contributed by atoms with van der Waals surface area (Å²) in [5, 5.41) is 0.352. The van der Waals surface area contributed by atoms with Crippen molar-refractivity contribution in [2.24, 2.45) is 0 Å². The van der Waals surface area contributed by atoms with Crippen molar-refractivity contribution in [1.82, 2.24) is 13.9 Å². The molecule has 0 saturated carbocycles. The monoisotopic (exact) mass is 437 g/mol. The first-order chi connectivity index (χ1) is 12.0. The molecule has 0 aliphatic rings. The second kappa shape index (κ2) is 7.31. The van der Waals surface area contributed by atoms with Crippen LogP contribution < -0.4 is 5.56 Å². The topological polar surface area (TPSA) is 47.8 Å². The maximum atomic E-state index is 13.6. The fraction of sp³-hybridized carbons (Fsp3) is 0.118. The lowest BCUT2D eigenvalue weighted by Crippen LogP contribution is -2.19. The van der Waals surface area contributed by atoms with E-state index in [1.807, 2.05) is 19.2 Å².